The fourth-order valence-electron chi connectivity index (χ4n) is 3.14. The first-order valence-electron chi connectivity index (χ1n) is 9.38. The van der Waals surface area contributed by atoms with Gasteiger partial charge in [0, 0.05) is 31.4 Å². The van der Waals surface area contributed by atoms with Crippen molar-refractivity contribution >= 4 is 11.6 Å². The quantitative estimate of drug-likeness (QED) is 0.370. The molecule has 1 saturated heterocycles. The van der Waals surface area contributed by atoms with Crippen LogP contribution in [0.1, 0.15) is 33.1 Å². The van der Waals surface area contributed by atoms with Crippen LogP contribution in [0.25, 0.3) is 0 Å². The van der Waals surface area contributed by atoms with Crippen LogP contribution in [0.15, 0.2) is 35.3 Å². The summed E-state index contributed by atoms with van der Waals surface area (Å²) in [6.07, 6.45) is 3.64. The summed E-state index contributed by atoms with van der Waals surface area (Å²) in [7, 11) is 0. The van der Waals surface area contributed by atoms with Crippen LogP contribution >= 0.6 is 0 Å². The highest BCUT2D eigenvalue weighted by molar-refractivity contribution is 5.79. The summed E-state index contributed by atoms with van der Waals surface area (Å²) >= 11 is 0. The second-order valence-electron chi connectivity index (χ2n) is 6.22. The highest BCUT2D eigenvalue weighted by Crippen LogP contribution is 2.16. The molecule has 0 radical (unpaired) electrons. The van der Waals surface area contributed by atoms with Gasteiger partial charge in [0.05, 0.1) is 6.54 Å². The molecule has 3 N–H and O–H groups in total. The van der Waals surface area contributed by atoms with Gasteiger partial charge in [0.25, 0.3) is 0 Å². The third kappa shape index (κ3) is 6.40. The highest BCUT2D eigenvalue weighted by Gasteiger charge is 2.22. The zero-order valence-corrected chi connectivity index (χ0v) is 15.2. The number of likely N-dealkylation sites (tertiary alicyclic amines) is 1. The van der Waals surface area contributed by atoms with Crippen molar-refractivity contribution in [2.75, 3.05) is 44.6 Å². The Balaban J connectivity index is 1.67. The van der Waals surface area contributed by atoms with E-state index in [0.717, 1.165) is 45.1 Å². The topological polar surface area (TPSA) is 51.7 Å². The minimum atomic E-state index is 0.616. The lowest BCUT2D eigenvalue weighted by atomic mass is 10.2. The maximum absolute atomic E-state index is 4.78. The largest absolute Gasteiger partial charge is 0.385 e. The first-order chi connectivity index (χ1) is 11.8. The van der Waals surface area contributed by atoms with Gasteiger partial charge >= 0.3 is 0 Å². The molecule has 0 aromatic heterocycles. The van der Waals surface area contributed by atoms with E-state index < -0.39 is 0 Å². The van der Waals surface area contributed by atoms with Gasteiger partial charge < -0.3 is 16.0 Å². The van der Waals surface area contributed by atoms with Crippen LogP contribution in [0.2, 0.25) is 0 Å². The molecule has 0 spiro atoms. The van der Waals surface area contributed by atoms with Gasteiger partial charge in [0.15, 0.2) is 5.96 Å². The summed E-state index contributed by atoms with van der Waals surface area (Å²) in [4.78, 5) is 7.32. The molecule has 5 heteroatoms. The number of benzene rings is 1. The monoisotopic (exact) mass is 331 g/mol. The lowest BCUT2D eigenvalue weighted by Gasteiger charge is -2.21. The molecule has 1 heterocycles. The van der Waals surface area contributed by atoms with Gasteiger partial charge in [-0.05, 0) is 51.4 Å². The van der Waals surface area contributed by atoms with E-state index in [4.69, 9.17) is 4.99 Å². The standard InChI is InChI=1S/C19H33N5/c1-3-20-19(23-16-18-12-8-15-24(18)4-2)22-14-9-13-21-17-10-6-5-7-11-17/h5-7,10-11,18,21H,3-4,8-9,12-16H2,1-2H3,(H2,20,22,23). The molecule has 0 aliphatic carbocycles. The Labute approximate surface area is 146 Å². The van der Waals surface area contributed by atoms with E-state index in [1.165, 1.54) is 25.1 Å². The first kappa shape index (κ1) is 18.6. The number of likely N-dealkylation sites (N-methyl/N-ethyl adjacent to an activating group) is 1. The number of anilines is 1. The van der Waals surface area contributed by atoms with Crippen molar-refractivity contribution in [3.63, 3.8) is 0 Å². The van der Waals surface area contributed by atoms with Crippen molar-refractivity contribution in [1.82, 2.24) is 15.5 Å². The molecule has 2 rings (SSSR count). The normalized spacial score (nSPS) is 18.6. The number of para-hydroxylation sites is 1. The Hall–Kier alpha value is -1.75. The van der Waals surface area contributed by atoms with Gasteiger partial charge in [-0.25, -0.2) is 0 Å². The lowest BCUT2D eigenvalue weighted by Crippen LogP contribution is -2.40. The smallest absolute Gasteiger partial charge is 0.191 e. The zero-order chi connectivity index (χ0) is 17.0. The van der Waals surface area contributed by atoms with Crippen LogP contribution < -0.4 is 16.0 Å². The van der Waals surface area contributed by atoms with Gasteiger partial charge in [-0.3, -0.25) is 9.89 Å². The minimum absolute atomic E-state index is 0.616. The molecule has 1 fully saturated rings. The molecule has 0 saturated carbocycles. The van der Waals surface area contributed by atoms with E-state index in [0.29, 0.717) is 6.04 Å². The Morgan fingerprint density at radius 3 is 2.75 bits per heavy atom. The van der Waals surface area contributed by atoms with Gasteiger partial charge in [-0.2, -0.15) is 0 Å². The summed E-state index contributed by atoms with van der Waals surface area (Å²) in [5, 5.41) is 10.2. The summed E-state index contributed by atoms with van der Waals surface area (Å²) in [5.74, 6) is 0.945. The van der Waals surface area contributed by atoms with Gasteiger partial charge in [0.1, 0.15) is 0 Å². The van der Waals surface area contributed by atoms with Crippen molar-refractivity contribution < 1.29 is 0 Å². The fourth-order valence-corrected chi connectivity index (χ4v) is 3.14. The highest BCUT2D eigenvalue weighted by atomic mass is 15.2. The van der Waals surface area contributed by atoms with Gasteiger partial charge in [-0.15, -0.1) is 0 Å². The molecule has 1 unspecified atom stereocenters. The molecule has 1 aromatic rings. The number of hydrogen-bond donors (Lipinski definition) is 3. The van der Waals surface area contributed by atoms with Gasteiger partial charge in [-0.1, -0.05) is 25.1 Å². The molecule has 1 aliphatic heterocycles. The van der Waals surface area contributed by atoms with Crippen LogP contribution in [0, 0.1) is 0 Å². The van der Waals surface area contributed by atoms with Crippen LogP contribution in [0.3, 0.4) is 0 Å². The third-order valence-electron chi connectivity index (χ3n) is 4.46. The molecule has 0 amide bonds. The first-order valence-corrected chi connectivity index (χ1v) is 9.38. The van der Waals surface area contributed by atoms with E-state index in [2.05, 4.69) is 59.0 Å². The van der Waals surface area contributed by atoms with Crippen molar-refractivity contribution in [2.24, 2.45) is 4.99 Å². The van der Waals surface area contributed by atoms with E-state index >= 15 is 0 Å². The van der Waals surface area contributed by atoms with Gasteiger partial charge in [0.2, 0.25) is 0 Å². The average Bonchev–Trinajstić information content (AvgIpc) is 3.07. The van der Waals surface area contributed by atoms with E-state index in [-0.39, 0.29) is 0 Å². The number of nitrogens with one attached hydrogen (secondary N) is 3. The Morgan fingerprint density at radius 1 is 1.17 bits per heavy atom. The Morgan fingerprint density at radius 2 is 2.00 bits per heavy atom. The number of guanidine groups is 1. The maximum Gasteiger partial charge on any atom is 0.191 e. The molecular formula is C19H33N5. The molecule has 134 valence electrons. The van der Waals surface area contributed by atoms with E-state index in [1.54, 1.807) is 0 Å². The predicted octanol–water partition coefficient (Wildman–Crippen LogP) is 2.53. The van der Waals surface area contributed by atoms with Crippen molar-refractivity contribution in [3.8, 4) is 0 Å². The Kier molecular flexibility index (Phi) is 8.46. The molecule has 24 heavy (non-hydrogen) atoms. The van der Waals surface area contributed by atoms with Crippen LogP contribution in [-0.4, -0.2) is 56.2 Å². The second-order valence-corrected chi connectivity index (χ2v) is 6.22. The number of nitrogens with zero attached hydrogens (tertiary/aromatic N) is 2. The maximum atomic E-state index is 4.78. The Bertz CT molecular complexity index is 474. The predicted molar refractivity (Wildman–Crippen MR) is 104 cm³/mol. The average molecular weight is 332 g/mol. The zero-order valence-electron chi connectivity index (χ0n) is 15.2. The summed E-state index contributed by atoms with van der Waals surface area (Å²) < 4.78 is 0. The number of rotatable bonds is 9. The summed E-state index contributed by atoms with van der Waals surface area (Å²) in [6.45, 7) is 10.4. The fraction of sp³-hybridized carbons (Fsp3) is 0.632. The second kappa shape index (κ2) is 10.9. The van der Waals surface area contributed by atoms with Crippen LogP contribution in [0.5, 0.6) is 0 Å². The van der Waals surface area contributed by atoms with E-state index in [9.17, 15) is 0 Å². The van der Waals surface area contributed by atoms with Crippen LogP contribution in [0.4, 0.5) is 5.69 Å². The SMILES string of the molecule is CCNC(=NCC1CCCN1CC)NCCCNc1ccccc1. The lowest BCUT2D eigenvalue weighted by molar-refractivity contribution is 0.273. The molecule has 5 nitrogen and oxygen atoms in total. The molecule has 1 aromatic carbocycles. The number of aliphatic imine (C=N–C) groups is 1. The van der Waals surface area contributed by atoms with Crippen molar-refractivity contribution in [1.29, 1.82) is 0 Å². The molecule has 1 aliphatic rings. The molecule has 0 bridgehead atoms. The molecular weight excluding hydrogens is 298 g/mol. The number of hydrogen-bond acceptors (Lipinski definition) is 3. The van der Waals surface area contributed by atoms with Crippen molar-refractivity contribution in [3.05, 3.63) is 30.3 Å². The summed E-state index contributed by atoms with van der Waals surface area (Å²) in [5.41, 5.74) is 1.18. The van der Waals surface area contributed by atoms with Crippen molar-refractivity contribution in [2.45, 2.75) is 39.2 Å². The molecule has 1 atom stereocenters. The van der Waals surface area contributed by atoms with Crippen LogP contribution in [-0.2, 0) is 0 Å². The third-order valence-corrected chi connectivity index (χ3v) is 4.46. The van der Waals surface area contributed by atoms with E-state index in [1.807, 2.05) is 6.07 Å². The summed E-state index contributed by atoms with van der Waals surface area (Å²) in [6, 6.07) is 11.0. The minimum Gasteiger partial charge on any atom is -0.385 e.